The molecule has 2 N–H and O–H groups in total. The molecule has 6 heteroatoms. The lowest BCUT2D eigenvalue weighted by molar-refractivity contribution is 0.0946. The molecule has 1 aromatic carbocycles. The lowest BCUT2D eigenvalue weighted by Crippen LogP contribution is -2.23. The summed E-state index contributed by atoms with van der Waals surface area (Å²) in [5.74, 6) is 0.576. The molecule has 1 amide bonds. The van der Waals surface area contributed by atoms with E-state index in [4.69, 9.17) is 4.74 Å². The number of aromatic amines is 1. The Labute approximate surface area is 156 Å². The predicted molar refractivity (Wildman–Crippen MR) is 103 cm³/mol. The van der Waals surface area contributed by atoms with Crippen LogP contribution in [0.5, 0.6) is 5.75 Å². The van der Waals surface area contributed by atoms with E-state index < -0.39 is 0 Å². The molecule has 0 saturated heterocycles. The minimum Gasteiger partial charge on any atom is -0.497 e. The van der Waals surface area contributed by atoms with Gasteiger partial charge in [-0.1, -0.05) is 6.07 Å². The molecule has 0 aliphatic heterocycles. The second-order valence-electron chi connectivity index (χ2n) is 6.14. The number of H-pyrrole nitrogens is 1. The first-order valence-corrected chi connectivity index (χ1v) is 8.52. The second kappa shape index (κ2) is 7.29. The average Bonchev–Trinajstić information content (AvgIpc) is 3.16. The second-order valence-corrected chi connectivity index (χ2v) is 6.14. The summed E-state index contributed by atoms with van der Waals surface area (Å²) in [6.45, 7) is 0.388. The average molecular weight is 358 g/mol. The Balaban J connectivity index is 1.48. The zero-order valence-corrected chi connectivity index (χ0v) is 14.8. The van der Waals surface area contributed by atoms with Crippen LogP contribution in [0.25, 0.3) is 22.0 Å². The highest BCUT2D eigenvalue weighted by Gasteiger charge is 2.10. The third kappa shape index (κ3) is 3.64. The number of rotatable bonds is 5. The summed E-state index contributed by atoms with van der Waals surface area (Å²) in [5, 5.41) is 3.89. The maximum atomic E-state index is 12.5. The maximum absolute atomic E-state index is 12.5. The Morgan fingerprint density at radius 2 is 1.96 bits per heavy atom. The van der Waals surface area contributed by atoms with Crippen molar-refractivity contribution in [1.82, 2.24) is 20.3 Å². The van der Waals surface area contributed by atoms with E-state index in [0.29, 0.717) is 12.2 Å². The fraction of sp³-hybridized carbons (Fsp3) is 0.0952. The summed E-state index contributed by atoms with van der Waals surface area (Å²) >= 11 is 0. The van der Waals surface area contributed by atoms with Gasteiger partial charge >= 0.3 is 0 Å². The van der Waals surface area contributed by atoms with Crippen LogP contribution in [-0.4, -0.2) is 28.0 Å². The van der Waals surface area contributed by atoms with E-state index in [1.807, 2.05) is 42.5 Å². The first-order valence-electron chi connectivity index (χ1n) is 8.52. The number of ether oxygens (including phenoxy) is 1. The molecule has 0 aliphatic rings. The molecule has 4 rings (SSSR count). The molecule has 0 fully saturated rings. The van der Waals surface area contributed by atoms with Gasteiger partial charge in [0.05, 0.1) is 7.11 Å². The number of benzene rings is 1. The van der Waals surface area contributed by atoms with Crippen LogP contribution in [0.1, 0.15) is 16.1 Å². The molecule has 27 heavy (non-hydrogen) atoms. The Morgan fingerprint density at radius 3 is 2.78 bits per heavy atom. The fourth-order valence-electron chi connectivity index (χ4n) is 2.91. The Morgan fingerprint density at radius 1 is 1.07 bits per heavy atom. The minimum atomic E-state index is -0.169. The number of hydrogen-bond acceptors (Lipinski definition) is 4. The van der Waals surface area contributed by atoms with Crippen molar-refractivity contribution in [3.8, 4) is 16.9 Å². The smallest absolute Gasteiger partial charge is 0.267 e. The number of fused-ring (bicyclic) bond motifs is 1. The highest BCUT2D eigenvalue weighted by Crippen LogP contribution is 2.21. The number of methoxy groups -OCH3 is 1. The molecule has 3 aromatic heterocycles. The molecule has 0 atom stereocenters. The summed E-state index contributed by atoms with van der Waals surface area (Å²) in [6.07, 6.45) is 7.05. The van der Waals surface area contributed by atoms with Gasteiger partial charge in [-0.2, -0.15) is 0 Å². The zero-order valence-electron chi connectivity index (χ0n) is 14.8. The van der Waals surface area contributed by atoms with E-state index in [9.17, 15) is 4.79 Å². The van der Waals surface area contributed by atoms with Gasteiger partial charge in [0.25, 0.3) is 5.91 Å². The molecule has 0 saturated carbocycles. The summed E-state index contributed by atoms with van der Waals surface area (Å²) in [4.78, 5) is 24.0. The number of aromatic nitrogens is 3. The van der Waals surface area contributed by atoms with Gasteiger partial charge < -0.3 is 15.0 Å². The van der Waals surface area contributed by atoms with E-state index in [-0.39, 0.29) is 5.91 Å². The van der Waals surface area contributed by atoms with Crippen LogP contribution in [0.15, 0.2) is 67.3 Å². The van der Waals surface area contributed by atoms with Crippen LogP contribution in [-0.2, 0) is 6.54 Å². The molecular weight excluding hydrogens is 340 g/mol. The first kappa shape index (κ1) is 16.8. The topological polar surface area (TPSA) is 79.9 Å². The van der Waals surface area contributed by atoms with E-state index in [2.05, 4.69) is 20.3 Å². The van der Waals surface area contributed by atoms with Gasteiger partial charge in [-0.15, -0.1) is 0 Å². The molecule has 0 radical (unpaired) electrons. The molecule has 0 spiro atoms. The number of nitrogens with zero attached hydrogens (tertiary/aromatic N) is 2. The lowest BCUT2D eigenvalue weighted by atomic mass is 10.1. The van der Waals surface area contributed by atoms with Gasteiger partial charge in [0, 0.05) is 59.4 Å². The summed E-state index contributed by atoms with van der Waals surface area (Å²) in [5.41, 5.74) is 4.24. The van der Waals surface area contributed by atoms with Crippen LogP contribution in [0, 0.1) is 0 Å². The number of amides is 1. The van der Waals surface area contributed by atoms with E-state index in [1.54, 1.807) is 31.9 Å². The van der Waals surface area contributed by atoms with Gasteiger partial charge in [0.15, 0.2) is 0 Å². The Hall–Kier alpha value is -3.67. The molecule has 4 aromatic rings. The highest BCUT2D eigenvalue weighted by atomic mass is 16.5. The van der Waals surface area contributed by atoms with Crippen LogP contribution in [0.2, 0.25) is 0 Å². The van der Waals surface area contributed by atoms with Crippen molar-refractivity contribution in [2.24, 2.45) is 0 Å². The van der Waals surface area contributed by atoms with Crippen LogP contribution >= 0.6 is 0 Å². The quantitative estimate of drug-likeness (QED) is 0.572. The standard InChI is InChI=1S/C21H18N4O2/c1-27-18-5-4-15-8-20(25-19(15)9-18)21(26)24-11-14-7-17(13-23-10-14)16-3-2-6-22-12-16/h2-10,12-13,25H,11H2,1H3,(H,24,26). The summed E-state index contributed by atoms with van der Waals surface area (Å²) in [7, 11) is 1.62. The summed E-state index contributed by atoms with van der Waals surface area (Å²) in [6, 6.07) is 13.3. The zero-order chi connectivity index (χ0) is 18.6. The Bertz CT molecular complexity index is 1090. The molecule has 134 valence electrons. The van der Waals surface area contributed by atoms with Crippen molar-refractivity contribution < 1.29 is 9.53 Å². The minimum absolute atomic E-state index is 0.169. The molecule has 6 nitrogen and oxygen atoms in total. The van der Waals surface area contributed by atoms with E-state index in [1.165, 1.54) is 0 Å². The Kier molecular flexibility index (Phi) is 4.53. The third-order valence-corrected chi connectivity index (χ3v) is 4.32. The van der Waals surface area contributed by atoms with Crippen LogP contribution in [0.3, 0.4) is 0 Å². The first-order chi connectivity index (χ1) is 13.2. The van der Waals surface area contributed by atoms with Gasteiger partial charge in [-0.25, -0.2) is 0 Å². The normalized spacial score (nSPS) is 10.7. The van der Waals surface area contributed by atoms with E-state index >= 15 is 0 Å². The number of nitrogens with one attached hydrogen (secondary N) is 2. The highest BCUT2D eigenvalue weighted by molar-refractivity contribution is 5.98. The fourth-order valence-corrected chi connectivity index (χ4v) is 2.91. The number of pyridine rings is 2. The van der Waals surface area contributed by atoms with Crippen molar-refractivity contribution in [3.05, 3.63) is 78.5 Å². The maximum Gasteiger partial charge on any atom is 0.267 e. The molecule has 0 unspecified atom stereocenters. The van der Waals surface area contributed by atoms with Crippen molar-refractivity contribution in [2.75, 3.05) is 7.11 Å². The van der Waals surface area contributed by atoms with Crippen molar-refractivity contribution in [3.63, 3.8) is 0 Å². The molecular formula is C21H18N4O2. The van der Waals surface area contributed by atoms with Gasteiger partial charge in [0.2, 0.25) is 0 Å². The van der Waals surface area contributed by atoms with Gasteiger partial charge in [-0.05, 0) is 35.9 Å². The lowest BCUT2D eigenvalue weighted by Gasteiger charge is -2.06. The molecule has 0 bridgehead atoms. The number of carbonyl (C=O) groups excluding carboxylic acids is 1. The van der Waals surface area contributed by atoms with Crippen molar-refractivity contribution in [2.45, 2.75) is 6.54 Å². The van der Waals surface area contributed by atoms with Crippen LogP contribution < -0.4 is 10.1 Å². The number of carbonyl (C=O) groups is 1. The number of hydrogen-bond donors (Lipinski definition) is 2. The molecule has 0 aliphatic carbocycles. The predicted octanol–water partition coefficient (Wildman–Crippen LogP) is 3.56. The summed E-state index contributed by atoms with van der Waals surface area (Å²) < 4.78 is 5.21. The largest absolute Gasteiger partial charge is 0.497 e. The van der Waals surface area contributed by atoms with Crippen LogP contribution in [0.4, 0.5) is 0 Å². The van der Waals surface area contributed by atoms with Gasteiger partial charge in [-0.3, -0.25) is 14.8 Å². The third-order valence-electron chi connectivity index (χ3n) is 4.32. The van der Waals surface area contributed by atoms with Crippen molar-refractivity contribution >= 4 is 16.8 Å². The van der Waals surface area contributed by atoms with Crippen molar-refractivity contribution in [1.29, 1.82) is 0 Å². The molecule has 3 heterocycles. The SMILES string of the molecule is COc1ccc2cc(C(=O)NCc3cncc(-c4cccnc4)c3)[nH]c2c1. The van der Waals surface area contributed by atoms with E-state index in [0.717, 1.165) is 33.3 Å². The monoisotopic (exact) mass is 358 g/mol. The van der Waals surface area contributed by atoms with Gasteiger partial charge in [0.1, 0.15) is 11.4 Å².